The van der Waals surface area contributed by atoms with E-state index in [0.29, 0.717) is 37.5 Å². The fourth-order valence-electron chi connectivity index (χ4n) is 9.40. The molecule has 0 aromatic heterocycles. The first-order valence-electron chi connectivity index (χ1n) is 33.2. The van der Waals surface area contributed by atoms with Crippen molar-refractivity contribution in [2.75, 3.05) is 39.6 Å². The Kier molecular flexibility index (Phi) is 53.0. The average Bonchev–Trinajstić information content (AvgIpc) is 3.43. The maximum absolute atomic E-state index is 13.0. The van der Waals surface area contributed by atoms with Gasteiger partial charge in [0.1, 0.15) is 19.3 Å². The summed E-state index contributed by atoms with van der Waals surface area (Å²) in [6, 6.07) is 0. The second-order valence-electron chi connectivity index (χ2n) is 24.8. The molecule has 0 aromatic carbocycles. The van der Waals surface area contributed by atoms with Crippen LogP contribution in [0.4, 0.5) is 0 Å². The maximum atomic E-state index is 13.0. The summed E-state index contributed by atoms with van der Waals surface area (Å²) in [5.74, 6) is 0.737. The van der Waals surface area contributed by atoms with Crippen molar-refractivity contribution in [1.82, 2.24) is 0 Å². The molecule has 0 aliphatic rings. The number of esters is 4. The third-order valence-corrected chi connectivity index (χ3v) is 16.8. The molecule has 0 heterocycles. The summed E-state index contributed by atoms with van der Waals surface area (Å²) in [5, 5.41) is 10.5. The van der Waals surface area contributed by atoms with Crippen molar-refractivity contribution in [3.63, 3.8) is 0 Å². The van der Waals surface area contributed by atoms with Crippen molar-refractivity contribution >= 4 is 39.5 Å². The van der Waals surface area contributed by atoms with Gasteiger partial charge >= 0.3 is 39.5 Å². The second-order valence-corrected chi connectivity index (χ2v) is 27.7. The second kappa shape index (κ2) is 54.2. The first kappa shape index (κ1) is 81.1. The van der Waals surface area contributed by atoms with Crippen LogP contribution < -0.4 is 0 Å². The molecule has 19 heteroatoms. The SMILES string of the molecule is CCC(C)CCCCCCCCCCCCC(=O)O[C@H](COC(=O)CCCCCCCCC(C)C)COP(=O)(O)OC[C@@H](O)COP(=O)(O)OC[C@@H](COC(=O)CCCCCCCCC(C)C)OC(=O)CCCCCCCCCCC(C)C. The fourth-order valence-corrected chi connectivity index (χ4v) is 11.0. The van der Waals surface area contributed by atoms with Crippen LogP contribution in [0.2, 0.25) is 0 Å². The molecule has 3 N–H and O–H groups in total. The monoisotopic (exact) mass is 1230 g/mol. The van der Waals surface area contributed by atoms with Crippen molar-refractivity contribution in [2.24, 2.45) is 23.7 Å². The van der Waals surface area contributed by atoms with E-state index in [4.69, 9.17) is 37.0 Å². The first-order valence-corrected chi connectivity index (χ1v) is 36.2. The van der Waals surface area contributed by atoms with Crippen molar-refractivity contribution in [1.29, 1.82) is 0 Å². The van der Waals surface area contributed by atoms with Crippen molar-refractivity contribution < 1.29 is 80.2 Å². The van der Waals surface area contributed by atoms with E-state index in [-0.39, 0.29) is 25.7 Å². The maximum Gasteiger partial charge on any atom is 0.472 e. The molecule has 0 rings (SSSR count). The summed E-state index contributed by atoms with van der Waals surface area (Å²) < 4.78 is 67.9. The Morgan fingerprint density at radius 2 is 0.578 bits per heavy atom. The number of hydrogen-bond acceptors (Lipinski definition) is 15. The van der Waals surface area contributed by atoms with E-state index in [1.165, 1.54) is 96.3 Å². The summed E-state index contributed by atoms with van der Waals surface area (Å²) in [4.78, 5) is 72.2. The van der Waals surface area contributed by atoms with E-state index in [0.717, 1.165) is 115 Å². The quantitative estimate of drug-likeness (QED) is 0.0222. The van der Waals surface area contributed by atoms with Crippen molar-refractivity contribution in [3.05, 3.63) is 0 Å². The highest BCUT2D eigenvalue weighted by Crippen LogP contribution is 2.45. The Hall–Kier alpha value is -1.94. The lowest BCUT2D eigenvalue weighted by atomic mass is 9.99. The van der Waals surface area contributed by atoms with E-state index >= 15 is 0 Å². The zero-order chi connectivity index (χ0) is 61.8. The molecular weight excluding hydrogens is 1100 g/mol. The van der Waals surface area contributed by atoms with E-state index < -0.39 is 97.5 Å². The summed E-state index contributed by atoms with van der Waals surface area (Å²) in [6.07, 6.45) is 33.7. The van der Waals surface area contributed by atoms with E-state index in [9.17, 15) is 43.2 Å². The van der Waals surface area contributed by atoms with Crippen molar-refractivity contribution in [3.8, 4) is 0 Å². The van der Waals surface area contributed by atoms with Crippen LogP contribution in [0, 0.1) is 23.7 Å². The van der Waals surface area contributed by atoms with Gasteiger partial charge < -0.3 is 33.8 Å². The Bertz CT molecular complexity index is 1660. The standard InChI is InChI=1S/C64H124O17P2/c1-9-57(8)43-35-27-17-12-10-11-13-18-30-38-46-63(68)80-59(50-74-61(66)44-36-28-22-20-25-33-41-55(4)5)52-78-82(70,71)76-48-58(65)49-77-83(72,73)79-53-60(51-75-62(67)45-37-29-23-21-26-34-42-56(6)7)81-64(69)47-39-31-19-15-14-16-24-32-40-54(2)3/h54-60,65H,9-53H2,1-8H3,(H,70,71)(H,72,73)/t57?,58-,59-,60-/m1/s1. The zero-order valence-corrected chi connectivity index (χ0v) is 55.6. The predicted octanol–water partition coefficient (Wildman–Crippen LogP) is 17.4. The molecular formula is C64H124O17P2. The molecule has 0 saturated heterocycles. The lowest BCUT2D eigenvalue weighted by Gasteiger charge is -2.21. The van der Waals surface area contributed by atoms with E-state index in [2.05, 4.69) is 55.4 Å². The lowest BCUT2D eigenvalue weighted by Crippen LogP contribution is -2.30. The molecule has 0 fully saturated rings. The molecule has 0 spiro atoms. The van der Waals surface area contributed by atoms with Crippen LogP contribution >= 0.6 is 15.6 Å². The molecule has 0 aliphatic heterocycles. The molecule has 0 aliphatic carbocycles. The topological polar surface area (TPSA) is 237 Å². The molecule has 83 heavy (non-hydrogen) atoms. The Balaban J connectivity index is 5.24. The molecule has 17 nitrogen and oxygen atoms in total. The molecule has 0 saturated carbocycles. The third-order valence-electron chi connectivity index (χ3n) is 14.9. The summed E-state index contributed by atoms with van der Waals surface area (Å²) in [5.41, 5.74) is 0. The molecule has 0 aromatic rings. The largest absolute Gasteiger partial charge is 0.472 e. The number of ether oxygens (including phenoxy) is 4. The molecule has 6 atom stereocenters. The van der Waals surface area contributed by atoms with Crippen LogP contribution in [-0.4, -0.2) is 96.7 Å². The van der Waals surface area contributed by atoms with Gasteiger partial charge in [0.15, 0.2) is 12.2 Å². The molecule has 0 amide bonds. The van der Waals surface area contributed by atoms with Crippen LogP contribution in [0.3, 0.4) is 0 Å². The normalized spacial score (nSPS) is 14.8. The minimum Gasteiger partial charge on any atom is -0.462 e. The molecule has 492 valence electrons. The smallest absolute Gasteiger partial charge is 0.462 e. The average molecular weight is 1230 g/mol. The lowest BCUT2D eigenvalue weighted by molar-refractivity contribution is -0.161. The van der Waals surface area contributed by atoms with Crippen LogP contribution in [0.5, 0.6) is 0 Å². The number of hydrogen-bond donors (Lipinski definition) is 3. The van der Waals surface area contributed by atoms with Crippen LogP contribution in [0.25, 0.3) is 0 Å². The predicted molar refractivity (Wildman–Crippen MR) is 331 cm³/mol. The highest BCUT2D eigenvalue weighted by Gasteiger charge is 2.30. The van der Waals surface area contributed by atoms with Gasteiger partial charge in [-0.25, -0.2) is 9.13 Å². The Morgan fingerprint density at radius 1 is 0.337 bits per heavy atom. The van der Waals surface area contributed by atoms with Gasteiger partial charge in [0.2, 0.25) is 0 Å². The molecule has 0 radical (unpaired) electrons. The highest BCUT2D eigenvalue weighted by atomic mass is 31.2. The van der Waals surface area contributed by atoms with Crippen molar-refractivity contribution in [2.45, 2.75) is 324 Å². The third kappa shape index (κ3) is 57.6. The van der Waals surface area contributed by atoms with Gasteiger partial charge in [-0.3, -0.25) is 37.3 Å². The van der Waals surface area contributed by atoms with Crippen LogP contribution in [0.15, 0.2) is 0 Å². The zero-order valence-electron chi connectivity index (χ0n) is 53.8. The number of rotatable bonds is 61. The van der Waals surface area contributed by atoms with Gasteiger partial charge in [-0.15, -0.1) is 0 Å². The summed E-state index contributed by atoms with van der Waals surface area (Å²) in [6.45, 7) is 13.9. The fraction of sp³-hybridized carbons (Fsp3) is 0.938. The Morgan fingerprint density at radius 3 is 0.855 bits per heavy atom. The van der Waals surface area contributed by atoms with Gasteiger partial charge in [-0.1, -0.05) is 254 Å². The highest BCUT2D eigenvalue weighted by molar-refractivity contribution is 7.47. The first-order chi connectivity index (χ1) is 39.6. The van der Waals surface area contributed by atoms with Gasteiger partial charge in [-0.2, -0.15) is 0 Å². The number of carbonyl (C=O) groups excluding carboxylic acids is 4. The minimum atomic E-state index is -4.95. The summed E-state index contributed by atoms with van der Waals surface area (Å²) >= 11 is 0. The Labute approximate surface area is 505 Å². The van der Waals surface area contributed by atoms with Gasteiger partial charge in [-0.05, 0) is 49.4 Å². The number of carbonyl (C=O) groups is 4. The number of aliphatic hydroxyl groups is 1. The van der Waals surface area contributed by atoms with Crippen LogP contribution in [-0.2, 0) is 65.4 Å². The van der Waals surface area contributed by atoms with Crippen LogP contribution in [0.1, 0.15) is 306 Å². The van der Waals surface area contributed by atoms with E-state index in [1.54, 1.807) is 0 Å². The molecule has 3 unspecified atom stereocenters. The summed E-state index contributed by atoms with van der Waals surface area (Å²) in [7, 11) is -9.89. The van der Waals surface area contributed by atoms with Gasteiger partial charge in [0.05, 0.1) is 26.4 Å². The number of aliphatic hydroxyl groups excluding tert-OH is 1. The number of unbranched alkanes of at least 4 members (excludes halogenated alkanes) is 26. The van der Waals surface area contributed by atoms with Gasteiger partial charge in [0, 0.05) is 25.7 Å². The van der Waals surface area contributed by atoms with Gasteiger partial charge in [0.25, 0.3) is 0 Å². The molecule has 0 bridgehead atoms. The number of phosphoric ester groups is 2. The number of phosphoric acid groups is 2. The van der Waals surface area contributed by atoms with E-state index in [1.807, 2.05) is 0 Å². The minimum absolute atomic E-state index is 0.103.